The Morgan fingerprint density at radius 2 is 2.15 bits per heavy atom. The summed E-state index contributed by atoms with van der Waals surface area (Å²) in [5, 5.41) is 0. The van der Waals surface area contributed by atoms with E-state index < -0.39 is 0 Å². The van der Waals surface area contributed by atoms with E-state index >= 15 is 0 Å². The first-order chi connectivity index (χ1) is 6.29. The second-order valence-corrected chi connectivity index (χ2v) is 3.49. The summed E-state index contributed by atoms with van der Waals surface area (Å²) in [4.78, 5) is 14.9. The van der Waals surface area contributed by atoms with Gasteiger partial charge in [-0.2, -0.15) is 4.99 Å². The van der Waals surface area contributed by atoms with Crippen LogP contribution in [0.2, 0.25) is 0 Å². The molecule has 1 aromatic rings. The lowest BCUT2D eigenvalue weighted by atomic mass is 10.1. The minimum atomic E-state index is -0.0962. The van der Waals surface area contributed by atoms with Crippen LogP contribution in [0.4, 0.5) is 0 Å². The molecule has 0 bridgehead atoms. The van der Waals surface area contributed by atoms with Gasteiger partial charge in [-0.15, -0.1) is 11.8 Å². The van der Waals surface area contributed by atoms with Crippen LogP contribution in [0.5, 0.6) is 0 Å². The Morgan fingerprint density at radius 1 is 1.46 bits per heavy atom. The van der Waals surface area contributed by atoms with Crippen LogP contribution in [-0.4, -0.2) is 12.3 Å². The Hall–Kier alpha value is -1.05. The van der Waals surface area contributed by atoms with Crippen LogP contribution in [0, 0.1) is 0 Å². The first kappa shape index (κ1) is 10.0. The van der Waals surface area contributed by atoms with E-state index in [1.54, 1.807) is 17.8 Å². The predicted octanol–water partition coefficient (Wildman–Crippen LogP) is 2.81. The van der Waals surface area contributed by atoms with Crippen molar-refractivity contribution in [3.05, 3.63) is 29.8 Å². The molecule has 0 fully saturated rings. The topological polar surface area (TPSA) is 29.4 Å². The molecule has 0 amide bonds. The monoisotopic (exact) mass is 193 g/mol. The molecule has 13 heavy (non-hydrogen) atoms. The van der Waals surface area contributed by atoms with Crippen LogP contribution in [0.25, 0.3) is 0 Å². The molecule has 0 aliphatic rings. The summed E-state index contributed by atoms with van der Waals surface area (Å²) in [6, 6.07) is 7.84. The summed E-state index contributed by atoms with van der Waals surface area (Å²) < 4.78 is 0. The van der Waals surface area contributed by atoms with Crippen LogP contribution >= 0.6 is 11.8 Å². The van der Waals surface area contributed by atoms with Crippen LogP contribution in [0.15, 0.2) is 34.2 Å². The van der Waals surface area contributed by atoms with Gasteiger partial charge in [-0.05, 0) is 24.8 Å². The Kier molecular flexibility index (Phi) is 3.74. The van der Waals surface area contributed by atoms with Gasteiger partial charge in [-0.25, -0.2) is 4.79 Å². The highest BCUT2D eigenvalue weighted by atomic mass is 32.2. The van der Waals surface area contributed by atoms with Crippen LogP contribution in [0.3, 0.4) is 0 Å². The molecule has 2 nitrogen and oxygen atoms in total. The van der Waals surface area contributed by atoms with E-state index in [-0.39, 0.29) is 6.04 Å². The van der Waals surface area contributed by atoms with Gasteiger partial charge in [0.05, 0.1) is 6.04 Å². The zero-order valence-electron chi connectivity index (χ0n) is 7.65. The molecule has 0 aliphatic carbocycles. The molecular formula is C10H11NOS. The molecule has 0 aromatic heterocycles. The SMILES string of the molecule is CSc1ccccc1C(C)N=C=O. The number of benzene rings is 1. The summed E-state index contributed by atoms with van der Waals surface area (Å²) in [7, 11) is 0. The Balaban J connectivity index is 3.04. The number of rotatable bonds is 3. The fourth-order valence-corrected chi connectivity index (χ4v) is 1.85. The highest BCUT2D eigenvalue weighted by Gasteiger charge is 2.07. The predicted molar refractivity (Wildman–Crippen MR) is 54.8 cm³/mol. The van der Waals surface area contributed by atoms with Crippen molar-refractivity contribution in [2.24, 2.45) is 4.99 Å². The van der Waals surface area contributed by atoms with Gasteiger partial charge < -0.3 is 0 Å². The summed E-state index contributed by atoms with van der Waals surface area (Å²) in [6.45, 7) is 1.89. The number of hydrogen-bond donors (Lipinski definition) is 0. The summed E-state index contributed by atoms with van der Waals surface area (Å²) in [5.41, 5.74) is 1.08. The van der Waals surface area contributed by atoms with E-state index in [1.807, 2.05) is 37.4 Å². The fraction of sp³-hybridized carbons (Fsp3) is 0.300. The fourth-order valence-electron chi connectivity index (χ4n) is 1.16. The van der Waals surface area contributed by atoms with E-state index in [2.05, 4.69) is 4.99 Å². The van der Waals surface area contributed by atoms with Crippen molar-refractivity contribution >= 4 is 17.8 Å². The van der Waals surface area contributed by atoms with Crippen molar-refractivity contribution in [1.29, 1.82) is 0 Å². The molecular weight excluding hydrogens is 182 g/mol. The number of carbonyl (C=O) groups excluding carboxylic acids is 1. The summed E-state index contributed by atoms with van der Waals surface area (Å²) >= 11 is 1.66. The number of aliphatic imine (C=N–C) groups is 1. The van der Waals surface area contributed by atoms with Crippen LogP contribution in [0.1, 0.15) is 18.5 Å². The number of thioether (sulfide) groups is 1. The maximum Gasteiger partial charge on any atom is 0.235 e. The number of isocyanates is 1. The average molecular weight is 193 g/mol. The third-order valence-corrected chi connectivity index (χ3v) is 2.65. The molecule has 0 N–H and O–H groups in total. The zero-order chi connectivity index (χ0) is 9.68. The minimum absolute atomic E-state index is 0.0962. The molecule has 0 radical (unpaired) electrons. The molecule has 1 rings (SSSR count). The minimum Gasteiger partial charge on any atom is -0.211 e. The summed E-state index contributed by atoms with van der Waals surface area (Å²) in [6.07, 6.45) is 3.59. The third-order valence-electron chi connectivity index (χ3n) is 1.84. The molecule has 0 saturated carbocycles. The van der Waals surface area contributed by atoms with Crippen molar-refractivity contribution in [2.75, 3.05) is 6.26 Å². The van der Waals surface area contributed by atoms with Gasteiger partial charge in [0.1, 0.15) is 0 Å². The first-order valence-electron chi connectivity index (χ1n) is 3.99. The largest absolute Gasteiger partial charge is 0.235 e. The smallest absolute Gasteiger partial charge is 0.211 e. The van der Waals surface area contributed by atoms with E-state index in [0.717, 1.165) is 10.5 Å². The maximum absolute atomic E-state index is 10.1. The quantitative estimate of drug-likeness (QED) is 0.419. The number of hydrogen-bond acceptors (Lipinski definition) is 3. The third kappa shape index (κ3) is 2.44. The van der Waals surface area contributed by atoms with Gasteiger partial charge in [0, 0.05) is 4.90 Å². The molecule has 0 heterocycles. The van der Waals surface area contributed by atoms with Crippen LogP contribution < -0.4 is 0 Å². The van der Waals surface area contributed by atoms with Gasteiger partial charge >= 0.3 is 0 Å². The van der Waals surface area contributed by atoms with Crippen molar-refractivity contribution in [2.45, 2.75) is 17.9 Å². The molecule has 0 saturated heterocycles. The number of nitrogens with zero attached hydrogens (tertiary/aromatic N) is 1. The Labute approximate surface area is 82.1 Å². The lowest BCUT2D eigenvalue weighted by Crippen LogP contribution is -1.91. The van der Waals surface area contributed by atoms with Gasteiger partial charge in [-0.1, -0.05) is 18.2 Å². The highest BCUT2D eigenvalue weighted by Crippen LogP contribution is 2.27. The van der Waals surface area contributed by atoms with Gasteiger partial charge in [-0.3, -0.25) is 0 Å². The normalized spacial score (nSPS) is 11.8. The second-order valence-electron chi connectivity index (χ2n) is 2.64. The molecule has 1 atom stereocenters. The first-order valence-corrected chi connectivity index (χ1v) is 5.22. The van der Waals surface area contributed by atoms with Gasteiger partial charge in [0.2, 0.25) is 6.08 Å². The van der Waals surface area contributed by atoms with E-state index in [0.29, 0.717) is 0 Å². The second kappa shape index (κ2) is 4.85. The lowest BCUT2D eigenvalue weighted by Gasteiger charge is -2.08. The Bertz CT molecular complexity index is 331. The van der Waals surface area contributed by atoms with Gasteiger partial charge in [0.25, 0.3) is 0 Å². The maximum atomic E-state index is 10.1. The van der Waals surface area contributed by atoms with Crippen LogP contribution in [-0.2, 0) is 4.79 Å². The molecule has 3 heteroatoms. The van der Waals surface area contributed by atoms with Gasteiger partial charge in [0.15, 0.2) is 0 Å². The van der Waals surface area contributed by atoms with Crippen molar-refractivity contribution in [3.63, 3.8) is 0 Å². The summed E-state index contributed by atoms with van der Waals surface area (Å²) in [5.74, 6) is 0. The zero-order valence-corrected chi connectivity index (χ0v) is 8.47. The Morgan fingerprint density at radius 3 is 2.77 bits per heavy atom. The molecule has 1 unspecified atom stereocenters. The molecule has 68 valence electrons. The van der Waals surface area contributed by atoms with E-state index in [4.69, 9.17) is 0 Å². The highest BCUT2D eigenvalue weighted by molar-refractivity contribution is 7.98. The standard InChI is InChI=1S/C10H11NOS/c1-8(11-7-12)9-5-3-4-6-10(9)13-2/h3-6,8H,1-2H3. The van der Waals surface area contributed by atoms with E-state index in [9.17, 15) is 4.79 Å². The molecule has 0 aliphatic heterocycles. The van der Waals surface area contributed by atoms with Crippen molar-refractivity contribution in [3.8, 4) is 0 Å². The van der Waals surface area contributed by atoms with E-state index in [1.165, 1.54) is 0 Å². The lowest BCUT2D eigenvalue weighted by molar-refractivity contribution is 0.559. The van der Waals surface area contributed by atoms with Crippen molar-refractivity contribution < 1.29 is 4.79 Å². The van der Waals surface area contributed by atoms with Crippen molar-refractivity contribution in [1.82, 2.24) is 0 Å². The molecule has 1 aromatic carbocycles. The average Bonchev–Trinajstić information content (AvgIpc) is 2.18. The molecule has 0 spiro atoms.